The second kappa shape index (κ2) is 5.54. The van der Waals surface area contributed by atoms with Crippen LogP contribution in [0.5, 0.6) is 0 Å². The van der Waals surface area contributed by atoms with Crippen molar-refractivity contribution in [3.05, 3.63) is 36.0 Å². The summed E-state index contributed by atoms with van der Waals surface area (Å²) in [6, 6.07) is 8.22. The number of benzene rings is 1. The Morgan fingerprint density at radius 2 is 2.11 bits per heavy atom. The highest BCUT2D eigenvalue weighted by Gasteiger charge is 2.03. The number of sulfone groups is 1. The summed E-state index contributed by atoms with van der Waals surface area (Å²) >= 11 is 0. The molecule has 1 heterocycles. The molecule has 5 heteroatoms. The third-order valence-electron chi connectivity index (χ3n) is 2.86. The number of hydrogen-bond acceptors (Lipinski definition) is 3. The molecular weight excluding hydrogens is 248 g/mol. The minimum Gasteiger partial charge on any atom is -0.361 e. The van der Waals surface area contributed by atoms with Crippen molar-refractivity contribution in [3.8, 4) is 0 Å². The number of H-pyrrole nitrogens is 1. The molecule has 2 N–H and O–H groups in total. The van der Waals surface area contributed by atoms with Crippen molar-refractivity contribution in [2.24, 2.45) is 0 Å². The summed E-state index contributed by atoms with van der Waals surface area (Å²) in [5.74, 6) is 0.243. The van der Waals surface area contributed by atoms with Gasteiger partial charge in [-0.25, -0.2) is 8.42 Å². The van der Waals surface area contributed by atoms with Crippen molar-refractivity contribution in [2.45, 2.75) is 13.0 Å². The lowest BCUT2D eigenvalue weighted by Gasteiger charge is -2.05. The average molecular weight is 266 g/mol. The molecule has 0 aliphatic carbocycles. The van der Waals surface area contributed by atoms with Crippen molar-refractivity contribution < 1.29 is 8.42 Å². The van der Waals surface area contributed by atoms with Gasteiger partial charge in [0, 0.05) is 24.5 Å². The number of aromatic nitrogens is 1. The molecule has 2 aromatic rings. The van der Waals surface area contributed by atoms with Crippen LogP contribution in [-0.4, -0.2) is 32.0 Å². The molecule has 0 saturated heterocycles. The van der Waals surface area contributed by atoms with Gasteiger partial charge in [0.2, 0.25) is 0 Å². The zero-order valence-electron chi connectivity index (χ0n) is 10.4. The number of nitrogens with one attached hydrogen (secondary N) is 2. The molecule has 0 spiro atoms. The lowest BCUT2D eigenvalue weighted by atomic mass is 10.1. The third kappa shape index (κ3) is 3.58. The quantitative estimate of drug-likeness (QED) is 0.782. The van der Waals surface area contributed by atoms with Gasteiger partial charge in [0.1, 0.15) is 9.84 Å². The normalized spacial score (nSPS) is 12.1. The first-order valence-corrected chi connectivity index (χ1v) is 8.06. The largest absolute Gasteiger partial charge is 0.361 e. The number of aromatic amines is 1. The van der Waals surface area contributed by atoms with Gasteiger partial charge in [-0.3, -0.25) is 0 Å². The molecule has 0 saturated carbocycles. The topological polar surface area (TPSA) is 62.0 Å². The van der Waals surface area contributed by atoms with Crippen molar-refractivity contribution in [3.63, 3.8) is 0 Å². The van der Waals surface area contributed by atoms with Crippen LogP contribution in [0, 0.1) is 0 Å². The zero-order valence-corrected chi connectivity index (χ0v) is 11.3. The molecule has 4 nitrogen and oxygen atoms in total. The van der Waals surface area contributed by atoms with E-state index >= 15 is 0 Å². The van der Waals surface area contributed by atoms with E-state index < -0.39 is 9.84 Å². The molecule has 0 aliphatic heterocycles. The minimum atomic E-state index is -2.84. The van der Waals surface area contributed by atoms with Crippen LogP contribution < -0.4 is 5.32 Å². The molecule has 0 radical (unpaired) electrons. The van der Waals surface area contributed by atoms with Crippen molar-refractivity contribution in [1.29, 1.82) is 0 Å². The SMILES string of the molecule is CS(=O)(=O)CCCNCc1cccc2cc[nH]c12. The Hall–Kier alpha value is -1.33. The summed E-state index contributed by atoms with van der Waals surface area (Å²) in [5, 5.41) is 4.47. The minimum absolute atomic E-state index is 0.243. The number of rotatable bonds is 6. The van der Waals surface area contributed by atoms with Crippen LogP contribution in [0.25, 0.3) is 10.9 Å². The van der Waals surface area contributed by atoms with Crippen LogP contribution in [0.1, 0.15) is 12.0 Å². The van der Waals surface area contributed by atoms with E-state index in [4.69, 9.17) is 0 Å². The van der Waals surface area contributed by atoms with Crippen molar-refractivity contribution in [1.82, 2.24) is 10.3 Å². The molecule has 0 fully saturated rings. The molecule has 1 aromatic carbocycles. The van der Waals surface area contributed by atoms with Crippen LogP contribution in [0.4, 0.5) is 0 Å². The first-order chi connectivity index (χ1) is 8.56. The van der Waals surface area contributed by atoms with E-state index in [0.717, 1.165) is 12.1 Å². The molecule has 0 aliphatic rings. The molecule has 1 aromatic heterocycles. The maximum Gasteiger partial charge on any atom is 0.147 e. The second-order valence-electron chi connectivity index (χ2n) is 4.52. The lowest BCUT2D eigenvalue weighted by molar-refractivity contribution is 0.594. The van der Waals surface area contributed by atoms with E-state index in [1.165, 1.54) is 17.2 Å². The highest BCUT2D eigenvalue weighted by molar-refractivity contribution is 7.90. The molecular formula is C13H18N2O2S. The Morgan fingerprint density at radius 3 is 2.89 bits per heavy atom. The second-order valence-corrected chi connectivity index (χ2v) is 6.78. The van der Waals surface area contributed by atoms with Crippen LogP contribution in [0.15, 0.2) is 30.5 Å². The Kier molecular flexibility index (Phi) is 4.04. The fraction of sp³-hybridized carbons (Fsp3) is 0.385. The highest BCUT2D eigenvalue weighted by atomic mass is 32.2. The van der Waals surface area contributed by atoms with Gasteiger partial charge in [-0.1, -0.05) is 18.2 Å². The number of hydrogen-bond donors (Lipinski definition) is 2. The van der Waals surface area contributed by atoms with Crippen LogP contribution in [0.3, 0.4) is 0 Å². The fourth-order valence-electron chi connectivity index (χ4n) is 1.98. The molecule has 0 bridgehead atoms. The van der Waals surface area contributed by atoms with E-state index in [1.54, 1.807) is 0 Å². The van der Waals surface area contributed by atoms with Gasteiger partial charge < -0.3 is 10.3 Å². The van der Waals surface area contributed by atoms with Gasteiger partial charge in [0.05, 0.1) is 5.75 Å². The van der Waals surface area contributed by atoms with E-state index in [0.29, 0.717) is 13.0 Å². The molecule has 98 valence electrons. The average Bonchev–Trinajstić information content (AvgIpc) is 2.75. The van der Waals surface area contributed by atoms with E-state index in [2.05, 4.69) is 22.4 Å². The molecule has 0 amide bonds. The van der Waals surface area contributed by atoms with E-state index in [9.17, 15) is 8.42 Å². The Morgan fingerprint density at radius 1 is 1.28 bits per heavy atom. The third-order valence-corrected chi connectivity index (χ3v) is 3.89. The molecule has 0 unspecified atom stereocenters. The molecule has 0 atom stereocenters. The first kappa shape index (κ1) is 13.1. The maximum atomic E-state index is 11.0. The first-order valence-electron chi connectivity index (χ1n) is 6.00. The fourth-order valence-corrected chi connectivity index (χ4v) is 2.65. The van der Waals surface area contributed by atoms with Gasteiger partial charge in [0.15, 0.2) is 0 Å². The Labute approximate surface area is 107 Å². The summed E-state index contributed by atoms with van der Waals surface area (Å²) in [4.78, 5) is 3.22. The summed E-state index contributed by atoms with van der Waals surface area (Å²) in [7, 11) is -2.84. The predicted octanol–water partition coefficient (Wildman–Crippen LogP) is 1.69. The number of para-hydroxylation sites is 1. The molecule has 2 rings (SSSR count). The van der Waals surface area contributed by atoms with Crippen molar-refractivity contribution >= 4 is 20.7 Å². The van der Waals surface area contributed by atoms with E-state index in [-0.39, 0.29) is 5.75 Å². The Balaban J connectivity index is 1.85. The zero-order chi connectivity index (χ0) is 13.0. The lowest BCUT2D eigenvalue weighted by Crippen LogP contribution is -2.18. The van der Waals surface area contributed by atoms with Gasteiger partial charge in [-0.2, -0.15) is 0 Å². The van der Waals surface area contributed by atoms with Gasteiger partial charge >= 0.3 is 0 Å². The molecule has 18 heavy (non-hydrogen) atoms. The Bertz CT molecular complexity index is 617. The van der Waals surface area contributed by atoms with Crippen LogP contribution in [0.2, 0.25) is 0 Å². The van der Waals surface area contributed by atoms with Crippen LogP contribution >= 0.6 is 0 Å². The summed E-state index contributed by atoms with van der Waals surface area (Å²) in [6.07, 6.45) is 3.85. The maximum absolute atomic E-state index is 11.0. The van der Waals surface area contributed by atoms with Gasteiger partial charge in [-0.05, 0) is 30.0 Å². The predicted molar refractivity (Wildman–Crippen MR) is 74.3 cm³/mol. The van der Waals surface area contributed by atoms with Crippen molar-refractivity contribution in [2.75, 3.05) is 18.6 Å². The number of fused-ring (bicyclic) bond motifs is 1. The smallest absolute Gasteiger partial charge is 0.147 e. The summed E-state index contributed by atoms with van der Waals surface area (Å²) in [6.45, 7) is 1.46. The van der Waals surface area contributed by atoms with Gasteiger partial charge in [-0.15, -0.1) is 0 Å². The summed E-state index contributed by atoms with van der Waals surface area (Å²) in [5.41, 5.74) is 2.35. The van der Waals surface area contributed by atoms with Crippen LogP contribution in [-0.2, 0) is 16.4 Å². The van der Waals surface area contributed by atoms with E-state index in [1.807, 2.05) is 18.3 Å². The van der Waals surface area contributed by atoms with Gasteiger partial charge in [0.25, 0.3) is 0 Å². The monoisotopic (exact) mass is 266 g/mol. The standard InChI is InChI=1S/C13H18N2O2S/c1-18(16,17)9-3-7-14-10-12-5-2-4-11-6-8-15-13(11)12/h2,4-6,8,14-15H,3,7,9-10H2,1H3. The summed E-state index contributed by atoms with van der Waals surface area (Å²) < 4.78 is 21.9. The highest BCUT2D eigenvalue weighted by Crippen LogP contribution is 2.16.